The Hall–Kier alpha value is -2.36. The fourth-order valence-electron chi connectivity index (χ4n) is 1.85. The summed E-state index contributed by atoms with van der Waals surface area (Å²) in [5.41, 5.74) is 1.44. The molecule has 0 aromatic heterocycles. The molecule has 1 amide bonds. The van der Waals surface area contributed by atoms with E-state index in [0.29, 0.717) is 5.56 Å². The van der Waals surface area contributed by atoms with Gasteiger partial charge in [-0.15, -0.1) is 0 Å². The number of nitrogens with one attached hydrogen (secondary N) is 2. The quantitative estimate of drug-likeness (QED) is 0.866. The second-order valence-electron chi connectivity index (χ2n) is 4.41. The van der Waals surface area contributed by atoms with E-state index in [2.05, 4.69) is 17.6 Å². The molecule has 0 spiro atoms. The third-order valence-electron chi connectivity index (χ3n) is 2.86. The van der Waals surface area contributed by atoms with Gasteiger partial charge in [0.25, 0.3) is 5.91 Å². The standard InChI is InChI=1S/C16H17FN2O/c1-2-11-18-14-9-5-3-7-12(14)16(20)19-15-10-6-4-8-13(15)17/h3-10,18H,2,11H2,1H3,(H,19,20). The van der Waals surface area contributed by atoms with Crippen LogP contribution >= 0.6 is 0 Å². The molecule has 2 N–H and O–H groups in total. The van der Waals surface area contributed by atoms with E-state index in [1.807, 2.05) is 12.1 Å². The first-order valence-electron chi connectivity index (χ1n) is 6.61. The summed E-state index contributed by atoms with van der Waals surface area (Å²) in [5, 5.41) is 5.78. The van der Waals surface area contributed by atoms with Gasteiger partial charge < -0.3 is 10.6 Å². The Morgan fingerprint density at radius 2 is 1.70 bits per heavy atom. The van der Waals surface area contributed by atoms with E-state index in [9.17, 15) is 9.18 Å². The molecule has 4 heteroatoms. The van der Waals surface area contributed by atoms with Gasteiger partial charge in [0, 0.05) is 12.2 Å². The average Bonchev–Trinajstić information content (AvgIpc) is 2.47. The number of para-hydroxylation sites is 2. The lowest BCUT2D eigenvalue weighted by molar-refractivity contribution is 0.102. The summed E-state index contributed by atoms with van der Waals surface area (Å²) >= 11 is 0. The van der Waals surface area contributed by atoms with Crippen LogP contribution in [-0.4, -0.2) is 12.5 Å². The molecule has 2 rings (SSSR count). The molecule has 2 aromatic carbocycles. The van der Waals surface area contributed by atoms with Crippen molar-refractivity contribution in [2.24, 2.45) is 0 Å². The second kappa shape index (κ2) is 6.70. The Labute approximate surface area is 117 Å². The molecule has 0 aliphatic carbocycles. The van der Waals surface area contributed by atoms with Crippen LogP contribution in [0.2, 0.25) is 0 Å². The Kier molecular flexibility index (Phi) is 4.71. The highest BCUT2D eigenvalue weighted by molar-refractivity contribution is 6.08. The second-order valence-corrected chi connectivity index (χ2v) is 4.41. The smallest absolute Gasteiger partial charge is 0.257 e. The SMILES string of the molecule is CCCNc1ccccc1C(=O)Nc1ccccc1F. The lowest BCUT2D eigenvalue weighted by atomic mass is 10.1. The minimum atomic E-state index is -0.445. The van der Waals surface area contributed by atoms with Gasteiger partial charge >= 0.3 is 0 Å². The zero-order valence-corrected chi connectivity index (χ0v) is 11.3. The first kappa shape index (κ1) is 14.1. The number of benzene rings is 2. The summed E-state index contributed by atoms with van der Waals surface area (Å²) in [4.78, 5) is 12.2. The van der Waals surface area contributed by atoms with Crippen LogP contribution in [0, 0.1) is 5.82 Å². The van der Waals surface area contributed by atoms with Crippen molar-refractivity contribution in [3.8, 4) is 0 Å². The zero-order valence-electron chi connectivity index (χ0n) is 11.3. The van der Waals surface area contributed by atoms with E-state index in [4.69, 9.17) is 0 Å². The van der Waals surface area contributed by atoms with Gasteiger partial charge in [-0.3, -0.25) is 4.79 Å². The van der Waals surface area contributed by atoms with Gasteiger partial charge in [0.2, 0.25) is 0 Å². The van der Waals surface area contributed by atoms with Crippen molar-refractivity contribution in [1.82, 2.24) is 0 Å². The number of rotatable bonds is 5. The maximum Gasteiger partial charge on any atom is 0.257 e. The normalized spacial score (nSPS) is 10.1. The molecule has 0 saturated carbocycles. The Balaban J connectivity index is 2.19. The average molecular weight is 272 g/mol. The third-order valence-corrected chi connectivity index (χ3v) is 2.86. The molecule has 0 unspecified atom stereocenters. The molecule has 0 aliphatic heterocycles. The van der Waals surface area contributed by atoms with Crippen LogP contribution in [0.4, 0.5) is 15.8 Å². The first-order valence-corrected chi connectivity index (χ1v) is 6.61. The van der Waals surface area contributed by atoms with Crippen LogP contribution in [0.5, 0.6) is 0 Å². The zero-order chi connectivity index (χ0) is 14.4. The molecule has 0 atom stereocenters. The molecule has 0 aliphatic rings. The monoisotopic (exact) mass is 272 g/mol. The van der Waals surface area contributed by atoms with Gasteiger partial charge in [-0.05, 0) is 30.7 Å². The van der Waals surface area contributed by atoms with Gasteiger partial charge in [-0.25, -0.2) is 4.39 Å². The molecular formula is C16H17FN2O. The summed E-state index contributed by atoms with van der Waals surface area (Å²) in [5.74, 6) is -0.769. The fourth-order valence-corrected chi connectivity index (χ4v) is 1.85. The van der Waals surface area contributed by atoms with Crippen LogP contribution in [0.15, 0.2) is 48.5 Å². The minimum Gasteiger partial charge on any atom is -0.384 e. The molecule has 104 valence electrons. The first-order chi connectivity index (χ1) is 9.72. The summed E-state index contributed by atoms with van der Waals surface area (Å²) in [6, 6.07) is 13.3. The Bertz CT molecular complexity index is 599. The number of carbonyl (C=O) groups is 1. The van der Waals surface area contributed by atoms with Crippen molar-refractivity contribution in [3.05, 3.63) is 59.9 Å². The van der Waals surface area contributed by atoms with E-state index in [-0.39, 0.29) is 11.6 Å². The predicted molar refractivity (Wildman–Crippen MR) is 79.6 cm³/mol. The number of amides is 1. The van der Waals surface area contributed by atoms with Crippen LogP contribution in [0.25, 0.3) is 0 Å². The van der Waals surface area contributed by atoms with E-state index in [1.165, 1.54) is 12.1 Å². The maximum atomic E-state index is 13.5. The molecule has 0 radical (unpaired) electrons. The molecule has 0 heterocycles. The lowest BCUT2D eigenvalue weighted by Gasteiger charge is -2.12. The van der Waals surface area contributed by atoms with E-state index < -0.39 is 5.82 Å². The highest BCUT2D eigenvalue weighted by Gasteiger charge is 2.12. The van der Waals surface area contributed by atoms with Gasteiger partial charge in [-0.1, -0.05) is 31.2 Å². The van der Waals surface area contributed by atoms with Crippen molar-refractivity contribution in [2.45, 2.75) is 13.3 Å². The lowest BCUT2D eigenvalue weighted by Crippen LogP contribution is -2.15. The Morgan fingerprint density at radius 1 is 1.05 bits per heavy atom. The number of hydrogen-bond donors (Lipinski definition) is 2. The molecule has 0 saturated heterocycles. The summed E-state index contributed by atoms with van der Waals surface area (Å²) in [6.45, 7) is 2.83. The predicted octanol–water partition coefficient (Wildman–Crippen LogP) is 3.90. The molecule has 0 fully saturated rings. The number of anilines is 2. The highest BCUT2D eigenvalue weighted by Crippen LogP contribution is 2.19. The van der Waals surface area contributed by atoms with Crippen LogP contribution < -0.4 is 10.6 Å². The van der Waals surface area contributed by atoms with Crippen LogP contribution in [0.1, 0.15) is 23.7 Å². The maximum absolute atomic E-state index is 13.5. The van der Waals surface area contributed by atoms with Crippen LogP contribution in [0.3, 0.4) is 0 Å². The minimum absolute atomic E-state index is 0.183. The number of halogens is 1. The van der Waals surface area contributed by atoms with Gasteiger partial charge in [-0.2, -0.15) is 0 Å². The molecular weight excluding hydrogens is 255 g/mol. The van der Waals surface area contributed by atoms with Crippen molar-refractivity contribution in [2.75, 3.05) is 17.2 Å². The summed E-state index contributed by atoms with van der Waals surface area (Å²) < 4.78 is 13.5. The third kappa shape index (κ3) is 3.35. The van der Waals surface area contributed by atoms with Gasteiger partial charge in [0.1, 0.15) is 5.82 Å². The van der Waals surface area contributed by atoms with Crippen molar-refractivity contribution < 1.29 is 9.18 Å². The summed E-state index contributed by atoms with van der Waals surface area (Å²) in [6.07, 6.45) is 0.962. The molecule has 2 aromatic rings. The fraction of sp³-hybridized carbons (Fsp3) is 0.188. The van der Waals surface area contributed by atoms with E-state index >= 15 is 0 Å². The Morgan fingerprint density at radius 3 is 2.40 bits per heavy atom. The highest BCUT2D eigenvalue weighted by atomic mass is 19.1. The van der Waals surface area contributed by atoms with Crippen molar-refractivity contribution in [1.29, 1.82) is 0 Å². The number of carbonyl (C=O) groups excluding carboxylic acids is 1. The van der Waals surface area contributed by atoms with Gasteiger partial charge in [0.15, 0.2) is 0 Å². The number of hydrogen-bond acceptors (Lipinski definition) is 2. The van der Waals surface area contributed by atoms with Gasteiger partial charge in [0.05, 0.1) is 11.3 Å². The topological polar surface area (TPSA) is 41.1 Å². The van der Waals surface area contributed by atoms with Crippen molar-refractivity contribution >= 4 is 17.3 Å². The molecule has 20 heavy (non-hydrogen) atoms. The molecule has 0 bridgehead atoms. The van der Waals surface area contributed by atoms with E-state index in [1.54, 1.807) is 24.3 Å². The summed E-state index contributed by atoms with van der Waals surface area (Å²) in [7, 11) is 0. The van der Waals surface area contributed by atoms with Crippen LogP contribution in [-0.2, 0) is 0 Å². The largest absolute Gasteiger partial charge is 0.384 e. The van der Waals surface area contributed by atoms with Crippen molar-refractivity contribution in [3.63, 3.8) is 0 Å². The van der Waals surface area contributed by atoms with E-state index in [0.717, 1.165) is 18.7 Å². The molecule has 3 nitrogen and oxygen atoms in total.